The first-order chi connectivity index (χ1) is 14.9. The topological polar surface area (TPSA) is 72.7 Å². The minimum absolute atomic E-state index is 0.380. The van der Waals surface area contributed by atoms with Crippen LogP contribution in [0.25, 0.3) is 0 Å². The van der Waals surface area contributed by atoms with E-state index in [2.05, 4.69) is 9.88 Å². The fraction of sp³-hybridized carbons (Fsp3) is 0.320. The van der Waals surface area contributed by atoms with E-state index >= 15 is 0 Å². The lowest BCUT2D eigenvalue weighted by atomic mass is 10.1. The molecule has 2 aromatic carbocycles. The molecule has 164 valence electrons. The Morgan fingerprint density at radius 2 is 1.55 bits per heavy atom. The van der Waals surface area contributed by atoms with Crippen molar-refractivity contribution in [1.29, 1.82) is 0 Å². The number of ether oxygens (including phenoxy) is 2. The number of carboxylic acids is 1. The van der Waals surface area contributed by atoms with Gasteiger partial charge in [0.2, 0.25) is 0 Å². The Hall–Kier alpha value is -3.25. The lowest BCUT2D eigenvalue weighted by molar-refractivity contribution is 0.0694. The van der Waals surface area contributed by atoms with Crippen LogP contribution >= 0.6 is 0 Å². The third-order valence-corrected chi connectivity index (χ3v) is 5.49. The van der Waals surface area contributed by atoms with Crippen LogP contribution in [-0.2, 0) is 19.6 Å². The molecule has 0 fully saturated rings. The van der Waals surface area contributed by atoms with Crippen LogP contribution < -0.4 is 14.8 Å². The number of rotatable bonds is 10. The smallest absolute Gasteiger partial charge is 0.337 e. The lowest BCUT2D eigenvalue weighted by Gasteiger charge is -2.11. The van der Waals surface area contributed by atoms with E-state index < -0.39 is 5.97 Å². The zero-order valence-electron chi connectivity index (χ0n) is 18.6. The molecule has 0 unspecified atom stereocenters. The quantitative estimate of drug-likeness (QED) is 0.502. The maximum Gasteiger partial charge on any atom is 0.337 e. The second-order valence-corrected chi connectivity index (χ2v) is 7.44. The molecule has 0 aliphatic rings. The molecule has 3 rings (SSSR count). The Morgan fingerprint density at radius 1 is 0.935 bits per heavy atom. The van der Waals surface area contributed by atoms with Crippen molar-refractivity contribution >= 4 is 5.97 Å². The summed E-state index contributed by atoms with van der Waals surface area (Å²) in [6.07, 6.45) is 0. The van der Waals surface area contributed by atoms with E-state index in [1.807, 2.05) is 69.3 Å². The molecule has 0 saturated heterocycles. The molecule has 0 bridgehead atoms. The molecule has 0 radical (unpaired) electrons. The first kappa shape index (κ1) is 22.4. The van der Waals surface area contributed by atoms with Crippen molar-refractivity contribution < 1.29 is 19.4 Å². The van der Waals surface area contributed by atoms with Gasteiger partial charge < -0.3 is 24.5 Å². The molecule has 0 aliphatic heterocycles. The van der Waals surface area contributed by atoms with Gasteiger partial charge in [0.05, 0.1) is 19.3 Å². The van der Waals surface area contributed by atoms with Gasteiger partial charge in [-0.15, -0.1) is 0 Å². The van der Waals surface area contributed by atoms with Crippen molar-refractivity contribution in [3.05, 3.63) is 82.2 Å². The fourth-order valence-corrected chi connectivity index (χ4v) is 3.80. The molecule has 3 aromatic rings. The van der Waals surface area contributed by atoms with E-state index in [-0.39, 0.29) is 0 Å². The Kier molecular flexibility index (Phi) is 7.36. The monoisotopic (exact) mass is 422 g/mol. The second-order valence-electron chi connectivity index (χ2n) is 7.44. The highest BCUT2D eigenvalue weighted by molar-refractivity contribution is 5.91. The van der Waals surface area contributed by atoms with Gasteiger partial charge in [0.25, 0.3) is 0 Å². The first-order valence-electron chi connectivity index (χ1n) is 10.4. The number of carboxylic acid groups (broad SMARTS) is 1. The minimum Gasteiger partial charge on any atom is -0.497 e. The molecule has 2 N–H and O–H groups in total. The van der Waals surface area contributed by atoms with Gasteiger partial charge in [-0.05, 0) is 56.2 Å². The summed E-state index contributed by atoms with van der Waals surface area (Å²) in [6.45, 7) is 8.20. The summed E-state index contributed by atoms with van der Waals surface area (Å²) in [5.41, 5.74) is 5.14. The number of aromatic nitrogens is 1. The van der Waals surface area contributed by atoms with Crippen LogP contribution in [0.2, 0.25) is 0 Å². The minimum atomic E-state index is -0.896. The Labute approximate surface area is 183 Å². The van der Waals surface area contributed by atoms with Gasteiger partial charge in [-0.2, -0.15) is 0 Å². The average Bonchev–Trinajstić information content (AvgIpc) is 3.00. The normalized spacial score (nSPS) is 10.8. The molecular weight excluding hydrogens is 392 g/mol. The number of methoxy groups -OCH3 is 1. The van der Waals surface area contributed by atoms with Crippen LogP contribution in [0, 0.1) is 13.8 Å². The largest absolute Gasteiger partial charge is 0.497 e. The lowest BCUT2D eigenvalue weighted by Crippen LogP contribution is -2.15. The van der Waals surface area contributed by atoms with E-state index in [9.17, 15) is 9.90 Å². The highest BCUT2D eigenvalue weighted by Crippen LogP contribution is 2.25. The Morgan fingerprint density at radius 3 is 2.13 bits per heavy atom. The summed E-state index contributed by atoms with van der Waals surface area (Å²) >= 11 is 0. The summed E-state index contributed by atoms with van der Waals surface area (Å²) in [5, 5.41) is 13.2. The third kappa shape index (κ3) is 5.27. The van der Waals surface area contributed by atoms with Crippen molar-refractivity contribution in [2.45, 2.75) is 40.4 Å². The van der Waals surface area contributed by atoms with Crippen LogP contribution in [0.3, 0.4) is 0 Å². The van der Waals surface area contributed by atoms with Crippen LogP contribution in [0.5, 0.6) is 11.5 Å². The van der Waals surface area contributed by atoms with Gasteiger partial charge in [-0.3, -0.25) is 0 Å². The number of hydrogen-bond donors (Lipinski definition) is 2. The zero-order valence-corrected chi connectivity index (χ0v) is 18.6. The van der Waals surface area contributed by atoms with Crippen LogP contribution in [0.15, 0.2) is 48.5 Å². The maximum absolute atomic E-state index is 12.0. The summed E-state index contributed by atoms with van der Waals surface area (Å²) in [7, 11) is 1.64. The predicted molar refractivity (Wildman–Crippen MR) is 121 cm³/mol. The molecule has 0 aliphatic carbocycles. The van der Waals surface area contributed by atoms with Crippen LogP contribution in [0.1, 0.15) is 45.4 Å². The third-order valence-electron chi connectivity index (χ3n) is 5.49. The van der Waals surface area contributed by atoms with Crippen molar-refractivity contribution in [3.8, 4) is 11.5 Å². The van der Waals surface area contributed by atoms with Crippen molar-refractivity contribution in [2.75, 3.05) is 13.7 Å². The van der Waals surface area contributed by atoms with Gasteiger partial charge in [0, 0.05) is 36.6 Å². The summed E-state index contributed by atoms with van der Waals surface area (Å²) in [5.74, 6) is 0.753. The molecule has 0 atom stereocenters. The maximum atomic E-state index is 12.0. The number of nitrogens with one attached hydrogen (secondary N) is 1. The highest BCUT2D eigenvalue weighted by atomic mass is 16.5. The SMILES string of the molecule is CCOc1ccc(CNCc2c(C(=O)O)c(C)n(Cc3ccc(OC)cc3)c2C)cc1. The number of carbonyl (C=O) groups is 1. The van der Waals surface area contributed by atoms with Crippen LogP contribution in [0.4, 0.5) is 0 Å². The van der Waals surface area contributed by atoms with Gasteiger partial charge in [0.15, 0.2) is 0 Å². The summed E-state index contributed by atoms with van der Waals surface area (Å²) in [6, 6.07) is 15.8. The second kappa shape index (κ2) is 10.2. The van der Waals surface area contributed by atoms with Crippen molar-refractivity contribution in [1.82, 2.24) is 9.88 Å². The molecule has 0 saturated carbocycles. The summed E-state index contributed by atoms with van der Waals surface area (Å²) in [4.78, 5) is 12.0. The van der Waals surface area contributed by atoms with E-state index in [4.69, 9.17) is 9.47 Å². The first-order valence-corrected chi connectivity index (χ1v) is 10.4. The van der Waals surface area contributed by atoms with E-state index in [0.29, 0.717) is 31.8 Å². The number of nitrogens with zero attached hydrogens (tertiary/aromatic N) is 1. The van der Waals surface area contributed by atoms with Gasteiger partial charge >= 0.3 is 5.97 Å². The Bertz CT molecular complexity index is 1020. The number of hydrogen-bond acceptors (Lipinski definition) is 4. The number of benzene rings is 2. The van der Waals surface area contributed by atoms with Crippen molar-refractivity contribution in [3.63, 3.8) is 0 Å². The predicted octanol–water partition coefficient (Wildman–Crippen LogP) is 4.55. The average molecular weight is 423 g/mol. The van der Waals surface area contributed by atoms with Gasteiger partial charge in [0.1, 0.15) is 11.5 Å². The molecular formula is C25H30N2O4. The Balaban J connectivity index is 1.75. The van der Waals surface area contributed by atoms with E-state index in [0.717, 1.165) is 39.6 Å². The molecule has 1 heterocycles. The van der Waals surface area contributed by atoms with E-state index in [1.165, 1.54) is 0 Å². The summed E-state index contributed by atoms with van der Waals surface area (Å²) < 4.78 is 12.8. The molecule has 6 nitrogen and oxygen atoms in total. The van der Waals surface area contributed by atoms with Gasteiger partial charge in [-0.25, -0.2) is 4.79 Å². The standard InChI is InChI=1S/C25H30N2O4/c1-5-31-22-12-6-19(7-13-22)14-26-15-23-17(2)27(18(3)24(23)25(28)29)16-20-8-10-21(30-4)11-9-20/h6-13,26H,5,14-16H2,1-4H3,(H,28,29). The molecule has 6 heteroatoms. The fourth-order valence-electron chi connectivity index (χ4n) is 3.80. The highest BCUT2D eigenvalue weighted by Gasteiger charge is 2.22. The van der Waals surface area contributed by atoms with E-state index in [1.54, 1.807) is 7.11 Å². The van der Waals surface area contributed by atoms with Gasteiger partial charge in [-0.1, -0.05) is 24.3 Å². The molecule has 0 amide bonds. The van der Waals surface area contributed by atoms with Crippen molar-refractivity contribution in [2.24, 2.45) is 0 Å². The molecule has 31 heavy (non-hydrogen) atoms. The molecule has 1 aromatic heterocycles. The zero-order chi connectivity index (χ0) is 22.4. The molecule has 0 spiro atoms. The number of aromatic carboxylic acids is 1. The van der Waals surface area contributed by atoms with Crippen LogP contribution in [-0.4, -0.2) is 29.4 Å².